The minimum absolute atomic E-state index is 0.00381. The molecule has 0 radical (unpaired) electrons. The van der Waals surface area contributed by atoms with E-state index in [-0.39, 0.29) is 57.5 Å². The molecule has 7 nitrogen and oxygen atoms in total. The fourth-order valence-electron chi connectivity index (χ4n) is 8.13. The van der Waals surface area contributed by atoms with Gasteiger partial charge in [0.15, 0.2) is 5.82 Å². The normalized spacial score (nSPS) is 25.2. The third-order valence-corrected chi connectivity index (χ3v) is 10.6. The highest BCUT2D eigenvalue weighted by atomic mass is 19.1. The summed E-state index contributed by atoms with van der Waals surface area (Å²) in [7, 11) is 1.96. The van der Waals surface area contributed by atoms with E-state index in [9.17, 15) is 13.9 Å². The maximum absolute atomic E-state index is 16.7. The smallest absolute Gasteiger partial charge is 0.319 e. The molecule has 1 spiro atoms. The van der Waals surface area contributed by atoms with Gasteiger partial charge in [0.25, 0.3) is 0 Å². The van der Waals surface area contributed by atoms with Crippen molar-refractivity contribution >= 4 is 27.5 Å². The van der Waals surface area contributed by atoms with Crippen molar-refractivity contribution in [3.05, 3.63) is 47.7 Å². The quantitative estimate of drug-likeness (QED) is 0.267. The molecular formula is C34H32F3N5O2. The number of nitrogens with zero attached hydrogens (tertiary/aromatic N) is 5. The van der Waals surface area contributed by atoms with E-state index in [0.717, 1.165) is 38.6 Å². The number of anilines is 1. The fraction of sp³-hybridized carbons (Fsp3) is 0.441. The molecule has 1 N–H and O–H groups in total. The summed E-state index contributed by atoms with van der Waals surface area (Å²) in [6.07, 6.45) is 13.0. The summed E-state index contributed by atoms with van der Waals surface area (Å²) in [5.41, 5.74) is -0.173. The molecule has 4 fully saturated rings. The molecule has 2 saturated heterocycles. The Morgan fingerprint density at radius 1 is 1.16 bits per heavy atom. The van der Waals surface area contributed by atoms with E-state index in [1.807, 2.05) is 7.05 Å². The first-order valence-corrected chi connectivity index (χ1v) is 15.3. The maximum Gasteiger partial charge on any atom is 0.319 e. The topological polar surface area (TPSA) is 74.6 Å². The number of hydrogen-bond donors (Lipinski definition) is 1. The second-order valence-electron chi connectivity index (χ2n) is 13.1. The molecule has 0 bridgehead atoms. The zero-order valence-electron chi connectivity index (χ0n) is 24.4. The number of alkyl halides is 1. The van der Waals surface area contributed by atoms with Gasteiger partial charge in [-0.3, -0.25) is 9.88 Å². The molecular weight excluding hydrogens is 567 g/mol. The van der Waals surface area contributed by atoms with Gasteiger partial charge in [0, 0.05) is 43.2 Å². The van der Waals surface area contributed by atoms with Crippen LogP contribution in [-0.4, -0.2) is 69.5 Å². The van der Waals surface area contributed by atoms with Gasteiger partial charge in [-0.05, 0) is 67.6 Å². The summed E-state index contributed by atoms with van der Waals surface area (Å²) in [5.74, 6) is 1.35. The summed E-state index contributed by atoms with van der Waals surface area (Å²) in [4.78, 5) is 18.0. The number of aromatic hydroxyl groups is 1. The van der Waals surface area contributed by atoms with Crippen molar-refractivity contribution in [2.75, 3.05) is 31.6 Å². The van der Waals surface area contributed by atoms with Gasteiger partial charge in [0.05, 0.1) is 16.5 Å². The lowest BCUT2D eigenvalue weighted by Gasteiger charge is -2.32. The van der Waals surface area contributed by atoms with Crippen LogP contribution in [0, 0.1) is 29.4 Å². The van der Waals surface area contributed by atoms with Crippen LogP contribution in [0.2, 0.25) is 0 Å². The second-order valence-corrected chi connectivity index (χ2v) is 13.1. The molecule has 8 rings (SSSR count). The van der Waals surface area contributed by atoms with Gasteiger partial charge in [-0.25, -0.2) is 13.2 Å². The highest BCUT2D eigenvalue weighted by molar-refractivity contribution is 6.03. The number of fused-ring (bicyclic) bond motifs is 3. The van der Waals surface area contributed by atoms with Crippen molar-refractivity contribution in [3.63, 3.8) is 0 Å². The number of aromatic nitrogens is 3. The molecule has 0 amide bonds. The maximum atomic E-state index is 16.7. The Morgan fingerprint density at radius 2 is 2.00 bits per heavy atom. The van der Waals surface area contributed by atoms with E-state index in [1.165, 1.54) is 36.9 Å². The number of rotatable bonds is 6. The van der Waals surface area contributed by atoms with E-state index in [2.05, 4.69) is 25.7 Å². The number of pyridine rings is 1. The van der Waals surface area contributed by atoms with E-state index in [4.69, 9.17) is 16.1 Å². The van der Waals surface area contributed by atoms with Crippen molar-refractivity contribution in [2.45, 2.75) is 62.7 Å². The van der Waals surface area contributed by atoms with E-state index < -0.39 is 23.3 Å². The average molecular weight is 600 g/mol. The first kappa shape index (κ1) is 27.4. The lowest BCUT2D eigenvalue weighted by atomic mass is 9.81. The van der Waals surface area contributed by atoms with Crippen LogP contribution >= 0.6 is 0 Å². The number of phenols is 1. The van der Waals surface area contributed by atoms with Crippen LogP contribution in [-0.2, 0) is 0 Å². The minimum Gasteiger partial charge on any atom is -0.508 e. The molecule has 10 heteroatoms. The Bertz CT molecular complexity index is 1890. The largest absolute Gasteiger partial charge is 0.508 e. The van der Waals surface area contributed by atoms with Crippen LogP contribution in [0.1, 0.15) is 50.5 Å². The lowest BCUT2D eigenvalue weighted by molar-refractivity contribution is 0.107. The van der Waals surface area contributed by atoms with Crippen LogP contribution in [0.4, 0.5) is 19.0 Å². The third kappa shape index (κ3) is 4.05. The predicted octanol–water partition coefficient (Wildman–Crippen LogP) is 6.14. The van der Waals surface area contributed by atoms with Crippen molar-refractivity contribution in [1.82, 2.24) is 19.9 Å². The molecule has 4 heterocycles. The lowest BCUT2D eigenvalue weighted by Crippen LogP contribution is -2.43. The Morgan fingerprint density at radius 3 is 2.75 bits per heavy atom. The van der Waals surface area contributed by atoms with Crippen LogP contribution in [0.5, 0.6) is 11.8 Å². The first-order chi connectivity index (χ1) is 21.2. The molecule has 2 aliphatic heterocycles. The number of hydrogen-bond acceptors (Lipinski definition) is 7. The summed E-state index contributed by atoms with van der Waals surface area (Å²) in [6.45, 7) is 1.42. The molecule has 226 valence electrons. The summed E-state index contributed by atoms with van der Waals surface area (Å²) in [5, 5.41) is 11.6. The van der Waals surface area contributed by atoms with Gasteiger partial charge in [-0.1, -0.05) is 18.4 Å². The number of phenolic OH excluding ortho intramolecular Hbond substituents is 1. The van der Waals surface area contributed by atoms with Crippen molar-refractivity contribution < 1.29 is 23.0 Å². The standard InChI is InChI=1S/C34H32F3N5O2/c1-3-22-25(36)7-6-19-12-21(43)13-23(27(19)22)29-28(37)30-24(16-38-29)31(41(2)26-15-33(26)8-4-9-33)40-32(39-30)44-18-34-10-5-11-42(34)17-20(35)14-34/h1,6-7,12-13,16,20,26,43H,4-5,8-11,14-15,17-18H2,2H3/t20-,26?,34+/m1/s1. The molecule has 2 aromatic carbocycles. The van der Waals surface area contributed by atoms with Crippen molar-refractivity contribution in [1.29, 1.82) is 0 Å². The van der Waals surface area contributed by atoms with E-state index in [1.54, 1.807) is 0 Å². The molecule has 44 heavy (non-hydrogen) atoms. The highest BCUT2D eigenvalue weighted by Crippen LogP contribution is 2.63. The molecule has 4 aliphatic rings. The van der Waals surface area contributed by atoms with Crippen LogP contribution in [0.3, 0.4) is 0 Å². The Labute approximate surface area is 253 Å². The summed E-state index contributed by atoms with van der Waals surface area (Å²) < 4.78 is 52.1. The first-order valence-electron chi connectivity index (χ1n) is 15.3. The number of ether oxygens (including phenoxy) is 1. The van der Waals surface area contributed by atoms with Gasteiger partial charge in [-0.15, -0.1) is 6.42 Å². The number of benzene rings is 2. The highest BCUT2D eigenvalue weighted by Gasteiger charge is 2.60. The summed E-state index contributed by atoms with van der Waals surface area (Å²) in [6, 6.07) is 5.76. The fourth-order valence-corrected chi connectivity index (χ4v) is 8.13. The third-order valence-electron chi connectivity index (χ3n) is 10.6. The van der Waals surface area contributed by atoms with Gasteiger partial charge in [0.1, 0.15) is 41.4 Å². The number of halogens is 3. The Kier molecular flexibility index (Phi) is 6.05. The predicted molar refractivity (Wildman–Crippen MR) is 161 cm³/mol. The molecule has 1 unspecified atom stereocenters. The second kappa shape index (κ2) is 9.70. The Balaban J connectivity index is 1.27. The monoisotopic (exact) mass is 599 g/mol. The van der Waals surface area contributed by atoms with Crippen LogP contribution in [0.25, 0.3) is 32.9 Å². The van der Waals surface area contributed by atoms with Gasteiger partial charge in [0.2, 0.25) is 0 Å². The molecule has 4 aromatic rings. The van der Waals surface area contributed by atoms with E-state index in [0.29, 0.717) is 29.6 Å². The van der Waals surface area contributed by atoms with Crippen LogP contribution in [0.15, 0.2) is 30.5 Å². The SMILES string of the molecule is C#Cc1c(F)ccc2cc(O)cc(-c3ncc4c(N(C)C5CC56CCC6)nc(OC[C@@]56CCCN5C[C@H](F)C6)nc4c3F)c12. The Hall–Kier alpha value is -4.10. The molecule has 2 aromatic heterocycles. The summed E-state index contributed by atoms with van der Waals surface area (Å²) >= 11 is 0. The number of terminal acetylenes is 1. The van der Waals surface area contributed by atoms with Gasteiger partial charge < -0.3 is 14.7 Å². The average Bonchev–Trinajstić information content (AvgIpc) is 3.55. The molecule has 2 saturated carbocycles. The van der Waals surface area contributed by atoms with Crippen molar-refractivity contribution in [2.24, 2.45) is 5.41 Å². The zero-order valence-corrected chi connectivity index (χ0v) is 24.4. The van der Waals surface area contributed by atoms with Crippen LogP contribution < -0.4 is 9.64 Å². The zero-order chi connectivity index (χ0) is 30.4. The molecule has 2 aliphatic carbocycles. The van der Waals surface area contributed by atoms with E-state index >= 15 is 4.39 Å². The van der Waals surface area contributed by atoms with Gasteiger partial charge >= 0.3 is 6.01 Å². The minimum atomic E-state index is -0.910. The van der Waals surface area contributed by atoms with Gasteiger partial charge in [-0.2, -0.15) is 9.97 Å². The van der Waals surface area contributed by atoms with Crippen molar-refractivity contribution in [3.8, 4) is 35.4 Å². The molecule has 3 atom stereocenters.